The fourth-order valence-corrected chi connectivity index (χ4v) is 3.70. The normalized spacial score (nSPS) is 13.7. The molecule has 0 saturated heterocycles. The highest BCUT2D eigenvalue weighted by Gasteiger charge is 2.31. The standard InChI is InChI=1S/C25H34N8O8/c26-16(5-7-20(27)35)22(37)32-19(10-14-11-29-12-30-14)24(39)33-18(9-13-1-3-15(34)4-2-13)23(38)31-17(25(40)41)6-8-21(28)36/h1-4,11-12,16-19,34H,5-10,26H2,(H2,27,35)(H2,28,36)(H,29,30)(H,31,38)(H,32,37)(H,33,39)(H,40,41). The van der Waals surface area contributed by atoms with E-state index in [1.54, 1.807) is 0 Å². The SMILES string of the molecule is NC(=O)CCC(N)C(=O)NC(Cc1cnc[nH]1)C(=O)NC(Cc1ccc(O)cc1)C(=O)NC(CCC(N)=O)C(=O)O. The summed E-state index contributed by atoms with van der Waals surface area (Å²) in [7, 11) is 0. The number of carboxylic acid groups (broad SMARTS) is 1. The van der Waals surface area contributed by atoms with Gasteiger partial charge in [0, 0.05) is 37.6 Å². The number of carboxylic acids is 1. The number of benzene rings is 1. The highest BCUT2D eigenvalue weighted by Crippen LogP contribution is 2.12. The van der Waals surface area contributed by atoms with Crippen molar-refractivity contribution in [1.82, 2.24) is 25.9 Å². The van der Waals surface area contributed by atoms with Gasteiger partial charge in [0.15, 0.2) is 0 Å². The number of nitrogens with two attached hydrogens (primary N) is 3. The maximum Gasteiger partial charge on any atom is 0.326 e. The summed E-state index contributed by atoms with van der Waals surface area (Å²) in [5.41, 5.74) is 17.0. The van der Waals surface area contributed by atoms with E-state index in [9.17, 15) is 39.0 Å². The average molecular weight is 575 g/mol. The summed E-state index contributed by atoms with van der Waals surface area (Å²) in [6, 6.07) is 0.517. The van der Waals surface area contributed by atoms with Crippen LogP contribution in [0, 0.1) is 0 Å². The van der Waals surface area contributed by atoms with Gasteiger partial charge >= 0.3 is 5.97 Å². The molecule has 1 heterocycles. The molecule has 2 aromatic rings. The van der Waals surface area contributed by atoms with Crippen molar-refractivity contribution in [2.24, 2.45) is 17.2 Å². The molecule has 4 atom stereocenters. The maximum absolute atomic E-state index is 13.4. The molecule has 16 heteroatoms. The van der Waals surface area contributed by atoms with Crippen molar-refractivity contribution in [2.75, 3.05) is 0 Å². The zero-order valence-corrected chi connectivity index (χ0v) is 22.0. The molecule has 5 amide bonds. The minimum Gasteiger partial charge on any atom is -0.508 e. The second-order valence-electron chi connectivity index (χ2n) is 9.29. The second kappa shape index (κ2) is 15.6. The van der Waals surface area contributed by atoms with Gasteiger partial charge in [-0.25, -0.2) is 9.78 Å². The summed E-state index contributed by atoms with van der Waals surface area (Å²) in [5.74, 6) is -5.30. The molecule has 0 aliphatic rings. The number of nitrogens with zero attached hydrogens (tertiary/aromatic N) is 1. The summed E-state index contributed by atoms with van der Waals surface area (Å²) >= 11 is 0. The minimum atomic E-state index is -1.47. The van der Waals surface area contributed by atoms with Crippen molar-refractivity contribution < 1.29 is 39.0 Å². The number of aliphatic carboxylic acids is 1. The Kier molecular flexibility index (Phi) is 12.2. The first kappa shape index (κ1) is 32.2. The minimum absolute atomic E-state index is 0.0359. The van der Waals surface area contributed by atoms with E-state index in [-0.39, 0.29) is 44.3 Å². The lowest BCUT2D eigenvalue weighted by Gasteiger charge is -2.25. The summed E-state index contributed by atoms with van der Waals surface area (Å²) < 4.78 is 0. The van der Waals surface area contributed by atoms with Gasteiger partial charge in [-0.3, -0.25) is 24.0 Å². The number of hydrogen-bond acceptors (Lipinski definition) is 9. The Balaban J connectivity index is 2.28. The number of aromatic hydroxyl groups is 1. The first-order chi connectivity index (χ1) is 19.3. The summed E-state index contributed by atoms with van der Waals surface area (Å²) in [4.78, 5) is 79.9. The van der Waals surface area contributed by atoms with E-state index in [1.165, 1.54) is 36.8 Å². The molecule has 4 unspecified atom stereocenters. The molecule has 12 N–H and O–H groups in total. The zero-order chi connectivity index (χ0) is 30.5. The van der Waals surface area contributed by atoms with Gasteiger partial charge < -0.3 is 48.3 Å². The van der Waals surface area contributed by atoms with Gasteiger partial charge in [-0.2, -0.15) is 0 Å². The van der Waals surface area contributed by atoms with Crippen molar-refractivity contribution in [1.29, 1.82) is 0 Å². The Morgan fingerprint density at radius 2 is 1.34 bits per heavy atom. The fourth-order valence-electron chi connectivity index (χ4n) is 3.70. The second-order valence-corrected chi connectivity index (χ2v) is 9.29. The first-order valence-electron chi connectivity index (χ1n) is 12.6. The van der Waals surface area contributed by atoms with Crippen molar-refractivity contribution in [2.45, 2.75) is 62.7 Å². The zero-order valence-electron chi connectivity index (χ0n) is 22.0. The Morgan fingerprint density at radius 1 is 0.805 bits per heavy atom. The van der Waals surface area contributed by atoms with Crippen LogP contribution in [0.2, 0.25) is 0 Å². The summed E-state index contributed by atoms with van der Waals surface area (Å²) in [5, 5.41) is 26.4. The third-order valence-corrected chi connectivity index (χ3v) is 5.95. The average Bonchev–Trinajstić information content (AvgIpc) is 3.42. The van der Waals surface area contributed by atoms with Gasteiger partial charge in [-0.1, -0.05) is 12.1 Å². The molecule has 0 saturated carbocycles. The van der Waals surface area contributed by atoms with E-state index in [0.29, 0.717) is 11.3 Å². The molecule has 16 nitrogen and oxygen atoms in total. The molecule has 0 aliphatic heterocycles. The smallest absolute Gasteiger partial charge is 0.326 e. The topological polar surface area (TPSA) is 286 Å². The van der Waals surface area contributed by atoms with Crippen LogP contribution in [0.5, 0.6) is 5.75 Å². The van der Waals surface area contributed by atoms with Gasteiger partial charge in [0.25, 0.3) is 0 Å². The van der Waals surface area contributed by atoms with E-state index in [2.05, 4.69) is 25.9 Å². The van der Waals surface area contributed by atoms with Crippen LogP contribution < -0.4 is 33.2 Å². The highest BCUT2D eigenvalue weighted by molar-refractivity contribution is 5.94. The molecule has 222 valence electrons. The van der Waals surface area contributed by atoms with Crippen molar-refractivity contribution in [3.05, 3.63) is 48.0 Å². The summed E-state index contributed by atoms with van der Waals surface area (Å²) in [6.07, 6.45) is 1.79. The number of aromatic amines is 1. The Hall–Kier alpha value is -4.99. The largest absolute Gasteiger partial charge is 0.508 e. The van der Waals surface area contributed by atoms with Crippen LogP contribution in [0.1, 0.15) is 36.9 Å². The van der Waals surface area contributed by atoms with Crippen LogP contribution in [0.15, 0.2) is 36.8 Å². The number of nitrogens with one attached hydrogen (secondary N) is 4. The van der Waals surface area contributed by atoms with Gasteiger partial charge in [0.2, 0.25) is 29.5 Å². The van der Waals surface area contributed by atoms with Gasteiger partial charge in [-0.05, 0) is 30.5 Å². The van der Waals surface area contributed by atoms with E-state index >= 15 is 0 Å². The Morgan fingerprint density at radius 3 is 1.88 bits per heavy atom. The van der Waals surface area contributed by atoms with Gasteiger partial charge in [0.1, 0.15) is 23.9 Å². The Bertz CT molecular complexity index is 1220. The third kappa shape index (κ3) is 11.3. The number of carbonyl (C=O) groups is 6. The molecule has 41 heavy (non-hydrogen) atoms. The third-order valence-electron chi connectivity index (χ3n) is 5.95. The Labute approximate surface area is 234 Å². The van der Waals surface area contributed by atoms with Crippen LogP contribution in [-0.4, -0.2) is 79.9 Å². The molecular formula is C25H34N8O8. The van der Waals surface area contributed by atoms with Crippen LogP contribution >= 0.6 is 0 Å². The van der Waals surface area contributed by atoms with Crippen LogP contribution in [-0.2, 0) is 41.6 Å². The molecule has 0 spiro atoms. The number of primary amides is 2. The number of aromatic nitrogens is 2. The van der Waals surface area contributed by atoms with Crippen molar-refractivity contribution in [3.8, 4) is 5.75 Å². The van der Waals surface area contributed by atoms with Crippen LogP contribution in [0.25, 0.3) is 0 Å². The number of rotatable bonds is 17. The number of phenolic OH excluding ortho intramolecular Hbond substituents is 1. The molecular weight excluding hydrogens is 540 g/mol. The van der Waals surface area contributed by atoms with Gasteiger partial charge in [-0.15, -0.1) is 0 Å². The maximum atomic E-state index is 13.4. The molecule has 1 aromatic carbocycles. The van der Waals surface area contributed by atoms with Crippen LogP contribution in [0.3, 0.4) is 0 Å². The van der Waals surface area contributed by atoms with E-state index in [1.807, 2.05) is 0 Å². The molecule has 0 aliphatic carbocycles. The van der Waals surface area contributed by atoms with Crippen molar-refractivity contribution in [3.63, 3.8) is 0 Å². The van der Waals surface area contributed by atoms with E-state index in [0.717, 1.165) is 0 Å². The lowest BCUT2D eigenvalue weighted by atomic mass is 10.0. The monoisotopic (exact) mass is 574 g/mol. The highest BCUT2D eigenvalue weighted by atomic mass is 16.4. The first-order valence-corrected chi connectivity index (χ1v) is 12.6. The summed E-state index contributed by atoms with van der Waals surface area (Å²) in [6.45, 7) is 0. The fraction of sp³-hybridized carbons (Fsp3) is 0.400. The molecule has 0 fully saturated rings. The lowest BCUT2D eigenvalue weighted by molar-refractivity contribution is -0.142. The quantitative estimate of drug-likeness (QED) is 0.0941. The molecule has 1 aromatic heterocycles. The number of hydrogen-bond donors (Lipinski definition) is 9. The molecule has 0 bridgehead atoms. The number of phenols is 1. The number of carbonyl (C=O) groups excluding carboxylic acids is 5. The van der Waals surface area contributed by atoms with E-state index < -0.39 is 59.7 Å². The predicted molar refractivity (Wildman–Crippen MR) is 142 cm³/mol. The van der Waals surface area contributed by atoms with Crippen LogP contribution in [0.4, 0.5) is 0 Å². The molecule has 0 radical (unpaired) electrons. The predicted octanol–water partition coefficient (Wildman–Crippen LogP) is -2.70. The lowest BCUT2D eigenvalue weighted by Crippen LogP contribution is -2.58. The molecule has 2 rings (SSSR count). The van der Waals surface area contributed by atoms with E-state index in [4.69, 9.17) is 17.2 Å². The van der Waals surface area contributed by atoms with Crippen molar-refractivity contribution >= 4 is 35.5 Å². The van der Waals surface area contributed by atoms with Gasteiger partial charge in [0.05, 0.1) is 12.4 Å². The number of amides is 5. The number of H-pyrrole nitrogens is 1. The number of imidazole rings is 1.